The summed E-state index contributed by atoms with van der Waals surface area (Å²) in [6, 6.07) is 3.33. The Labute approximate surface area is 176 Å². The molecule has 2 heterocycles. The number of pyridine rings is 1. The number of nitrogen functional groups attached to an aromatic ring is 1. The number of rotatable bonds is 7. The fourth-order valence-corrected chi connectivity index (χ4v) is 3.11. The zero-order chi connectivity index (χ0) is 21.6. The van der Waals surface area contributed by atoms with E-state index < -0.39 is 0 Å². The molecule has 0 saturated carbocycles. The van der Waals surface area contributed by atoms with E-state index in [4.69, 9.17) is 5.73 Å². The normalized spacial score (nSPS) is 11.4. The smallest absolute Gasteiger partial charge is 0.318 e. The minimum Gasteiger partial charge on any atom is -0.396 e. The van der Waals surface area contributed by atoms with Gasteiger partial charge in [0.15, 0.2) is 0 Å². The molecule has 2 aromatic rings. The molecular weight excluding hydrogens is 388 g/mol. The highest BCUT2D eigenvalue weighted by Crippen LogP contribution is 2.23. The van der Waals surface area contributed by atoms with Crippen molar-refractivity contribution < 1.29 is 9.59 Å². The summed E-state index contributed by atoms with van der Waals surface area (Å²) in [5.41, 5.74) is 7.72. The average molecular weight is 419 g/mol. The van der Waals surface area contributed by atoms with E-state index in [-0.39, 0.29) is 17.5 Å². The zero-order valence-electron chi connectivity index (χ0n) is 17.7. The molecule has 0 bridgehead atoms. The van der Waals surface area contributed by atoms with Gasteiger partial charge >= 0.3 is 6.03 Å². The number of anilines is 2. The van der Waals surface area contributed by atoms with Crippen LogP contribution in [-0.2, 0) is 6.54 Å². The van der Waals surface area contributed by atoms with Gasteiger partial charge in [0.1, 0.15) is 5.69 Å². The summed E-state index contributed by atoms with van der Waals surface area (Å²) in [5, 5.41) is 9.28. The maximum atomic E-state index is 12.7. The highest BCUT2D eigenvalue weighted by Gasteiger charge is 2.20. The maximum absolute atomic E-state index is 12.7. The first kappa shape index (κ1) is 22.6. The maximum Gasteiger partial charge on any atom is 0.318 e. The second-order valence-corrected chi connectivity index (χ2v) is 8.90. The predicted molar refractivity (Wildman–Crippen MR) is 118 cm³/mol. The monoisotopic (exact) mass is 418 g/mol. The number of nitrogens with zero attached hydrogens (tertiary/aromatic N) is 3. The van der Waals surface area contributed by atoms with Crippen LogP contribution in [0.25, 0.3) is 0 Å². The van der Waals surface area contributed by atoms with Crippen LogP contribution >= 0.6 is 11.3 Å². The lowest BCUT2D eigenvalue weighted by molar-refractivity contribution is 0.102. The van der Waals surface area contributed by atoms with Gasteiger partial charge in [-0.25, -0.2) is 4.79 Å². The topological polar surface area (TPSA) is 104 Å². The van der Waals surface area contributed by atoms with Crippen molar-refractivity contribution in [2.45, 2.75) is 32.9 Å². The molecule has 0 fully saturated rings. The molecule has 0 unspecified atom stereocenters. The third kappa shape index (κ3) is 7.35. The molecule has 0 aromatic carbocycles. The fraction of sp³-hybridized carbons (Fsp3) is 0.450. The van der Waals surface area contributed by atoms with Crippen LogP contribution in [0.2, 0.25) is 0 Å². The first-order valence-electron chi connectivity index (χ1n) is 9.35. The summed E-state index contributed by atoms with van der Waals surface area (Å²) in [4.78, 5) is 33.0. The van der Waals surface area contributed by atoms with Gasteiger partial charge in [-0.05, 0) is 46.5 Å². The van der Waals surface area contributed by atoms with E-state index in [9.17, 15) is 9.59 Å². The molecule has 0 aliphatic heterocycles. The molecule has 0 aliphatic carbocycles. The van der Waals surface area contributed by atoms with Crippen LogP contribution in [0, 0.1) is 0 Å². The lowest BCUT2D eigenvalue weighted by Gasteiger charge is -2.29. The minimum atomic E-state index is -0.323. The van der Waals surface area contributed by atoms with E-state index in [1.165, 1.54) is 11.3 Å². The number of amides is 3. The second-order valence-electron chi connectivity index (χ2n) is 8.15. The molecule has 2 rings (SSSR count). The number of urea groups is 1. The molecule has 2 aromatic heterocycles. The Balaban J connectivity index is 2.05. The zero-order valence-corrected chi connectivity index (χ0v) is 18.5. The number of nitrogens with two attached hydrogens (primary N) is 1. The third-order valence-corrected chi connectivity index (χ3v) is 4.72. The summed E-state index contributed by atoms with van der Waals surface area (Å²) in [6.45, 7) is 7.57. The van der Waals surface area contributed by atoms with E-state index in [0.717, 1.165) is 12.1 Å². The number of hydrogen-bond donors (Lipinski definition) is 3. The van der Waals surface area contributed by atoms with Gasteiger partial charge in [0, 0.05) is 42.1 Å². The summed E-state index contributed by atoms with van der Waals surface area (Å²) in [6.07, 6.45) is 1.62. The Morgan fingerprint density at radius 2 is 1.90 bits per heavy atom. The fourth-order valence-electron chi connectivity index (χ4n) is 2.44. The Hall–Kier alpha value is -2.65. The van der Waals surface area contributed by atoms with Gasteiger partial charge in [0.2, 0.25) is 0 Å². The minimum absolute atomic E-state index is 0.130. The van der Waals surface area contributed by atoms with Crippen molar-refractivity contribution in [3.8, 4) is 0 Å². The Morgan fingerprint density at radius 3 is 2.41 bits per heavy atom. The molecule has 0 saturated heterocycles. The summed E-state index contributed by atoms with van der Waals surface area (Å²) < 4.78 is 0. The number of carbonyl (C=O) groups excluding carboxylic acids is 2. The summed E-state index contributed by atoms with van der Waals surface area (Å²) in [7, 11) is 3.93. The number of carbonyl (C=O) groups is 2. The highest BCUT2D eigenvalue weighted by atomic mass is 32.1. The van der Waals surface area contributed by atoms with Gasteiger partial charge in [-0.3, -0.25) is 9.78 Å². The molecule has 4 N–H and O–H groups in total. The predicted octanol–water partition coefficient (Wildman–Crippen LogP) is 2.85. The third-order valence-electron chi connectivity index (χ3n) is 3.96. The van der Waals surface area contributed by atoms with Crippen molar-refractivity contribution in [1.82, 2.24) is 20.1 Å². The van der Waals surface area contributed by atoms with Gasteiger partial charge in [0.25, 0.3) is 5.91 Å². The Bertz CT molecular complexity index is 826. The molecule has 0 spiro atoms. The van der Waals surface area contributed by atoms with Crippen molar-refractivity contribution in [1.29, 1.82) is 0 Å². The van der Waals surface area contributed by atoms with Gasteiger partial charge in [-0.2, -0.15) is 0 Å². The van der Waals surface area contributed by atoms with Gasteiger partial charge in [-0.15, -0.1) is 11.3 Å². The standard InChI is InChI=1S/C20H30N6O2S/c1-20(2,3)24-19(28)26(9-8-25(4)5)11-14-6-7-16(22-10-14)18(27)23-17-13-29-12-15(17)21/h6-7,10,12-13H,8-9,11,21H2,1-5H3,(H,23,27)(H,24,28). The summed E-state index contributed by atoms with van der Waals surface area (Å²) >= 11 is 1.42. The Kier molecular flexibility index (Phi) is 7.58. The summed E-state index contributed by atoms with van der Waals surface area (Å²) in [5.74, 6) is -0.323. The molecule has 29 heavy (non-hydrogen) atoms. The highest BCUT2D eigenvalue weighted by molar-refractivity contribution is 7.09. The van der Waals surface area contributed by atoms with Crippen LogP contribution in [0.1, 0.15) is 36.8 Å². The molecule has 9 heteroatoms. The quantitative estimate of drug-likeness (QED) is 0.641. The van der Waals surface area contributed by atoms with Crippen LogP contribution in [0.15, 0.2) is 29.1 Å². The molecule has 0 atom stereocenters. The Morgan fingerprint density at radius 1 is 1.17 bits per heavy atom. The molecular formula is C20H30N6O2S. The van der Waals surface area contributed by atoms with Crippen LogP contribution in [0.4, 0.5) is 16.2 Å². The van der Waals surface area contributed by atoms with Crippen molar-refractivity contribution in [2.24, 2.45) is 0 Å². The lowest BCUT2D eigenvalue weighted by Crippen LogP contribution is -2.49. The van der Waals surface area contributed by atoms with Gasteiger partial charge < -0.3 is 26.2 Å². The van der Waals surface area contributed by atoms with Gasteiger partial charge in [-0.1, -0.05) is 6.07 Å². The van der Waals surface area contributed by atoms with Crippen LogP contribution < -0.4 is 16.4 Å². The van der Waals surface area contributed by atoms with E-state index in [0.29, 0.717) is 30.2 Å². The molecule has 3 amide bonds. The number of hydrogen-bond acceptors (Lipinski definition) is 6. The SMILES string of the molecule is CN(C)CCN(Cc1ccc(C(=O)Nc2cscc2N)nc1)C(=O)NC(C)(C)C. The number of nitrogens with one attached hydrogen (secondary N) is 2. The van der Waals surface area contributed by atoms with Crippen LogP contribution in [-0.4, -0.2) is 59.4 Å². The van der Waals surface area contributed by atoms with Gasteiger partial charge in [0.05, 0.1) is 11.4 Å². The second kappa shape index (κ2) is 9.71. The van der Waals surface area contributed by atoms with Crippen LogP contribution in [0.5, 0.6) is 0 Å². The lowest BCUT2D eigenvalue weighted by atomic mass is 10.1. The molecule has 158 valence electrons. The number of aromatic nitrogens is 1. The first-order valence-corrected chi connectivity index (χ1v) is 10.3. The molecule has 0 radical (unpaired) electrons. The average Bonchev–Trinajstić information content (AvgIpc) is 3.02. The van der Waals surface area contributed by atoms with Crippen molar-refractivity contribution in [3.05, 3.63) is 40.3 Å². The van der Waals surface area contributed by atoms with E-state index >= 15 is 0 Å². The van der Waals surface area contributed by atoms with Crippen molar-refractivity contribution >= 4 is 34.6 Å². The van der Waals surface area contributed by atoms with Crippen LogP contribution in [0.3, 0.4) is 0 Å². The number of thiophene rings is 1. The van der Waals surface area contributed by atoms with E-state index in [1.807, 2.05) is 45.8 Å². The van der Waals surface area contributed by atoms with E-state index in [1.54, 1.807) is 27.9 Å². The number of likely N-dealkylation sites (N-methyl/N-ethyl adjacent to an activating group) is 1. The first-order chi connectivity index (χ1) is 13.5. The molecule has 0 aliphatic rings. The van der Waals surface area contributed by atoms with Crippen molar-refractivity contribution in [3.63, 3.8) is 0 Å². The molecule has 8 nitrogen and oxygen atoms in total. The largest absolute Gasteiger partial charge is 0.396 e. The van der Waals surface area contributed by atoms with E-state index in [2.05, 4.69) is 15.6 Å². The van der Waals surface area contributed by atoms with Crippen molar-refractivity contribution in [2.75, 3.05) is 38.2 Å².